The second-order valence-electron chi connectivity index (χ2n) is 5.77. The van der Waals surface area contributed by atoms with Crippen LogP contribution in [-0.2, 0) is 4.74 Å². The number of piperidine rings is 1. The van der Waals surface area contributed by atoms with E-state index in [9.17, 15) is 0 Å². The highest BCUT2D eigenvalue weighted by molar-refractivity contribution is 4.94. The average Bonchev–Trinajstić information content (AvgIpc) is 2.38. The van der Waals surface area contributed by atoms with Crippen LogP contribution in [0.4, 0.5) is 0 Å². The number of nitrogens with zero attached hydrogens (tertiary/aromatic N) is 2. The number of piperazine rings is 1. The van der Waals surface area contributed by atoms with E-state index in [-0.39, 0.29) is 5.54 Å². The summed E-state index contributed by atoms with van der Waals surface area (Å²) in [4.78, 5) is 5.20. The average molecular weight is 241 g/mol. The van der Waals surface area contributed by atoms with Crippen molar-refractivity contribution in [2.45, 2.75) is 37.8 Å². The van der Waals surface area contributed by atoms with Crippen LogP contribution in [0.2, 0.25) is 0 Å². The van der Waals surface area contributed by atoms with Crippen molar-refractivity contribution in [1.82, 2.24) is 9.80 Å². The predicted molar refractivity (Wildman–Crippen MR) is 70.1 cm³/mol. The molecule has 0 amide bonds. The first-order chi connectivity index (χ1) is 8.19. The Balaban J connectivity index is 1.98. The van der Waals surface area contributed by atoms with Gasteiger partial charge in [-0.05, 0) is 26.3 Å². The first kappa shape index (κ1) is 13.3. The number of rotatable bonds is 4. The highest BCUT2D eigenvalue weighted by Crippen LogP contribution is 2.25. The van der Waals surface area contributed by atoms with Gasteiger partial charge in [-0.1, -0.05) is 6.42 Å². The lowest BCUT2D eigenvalue weighted by Crippen LogP contribution is -2.64. The molecule has 4 nitrogen and oxygen atoms in total. The molecule has 2 aliphatic rings. The third-order valence-corrected chi connectivity index (χ3v) is 4.50. The molecule has 17 heavy (non-hydrogen) atoms. The van der Waals surface area contributed by atoms with Gasteiger partial charge < -0.3 is 10.5 Å². The summed E-state index contributed by atoms with van der Waals surface area (Å²) in [6.45, 7) is 8.43. The molecule has 2 saturated heterocycles. The van der Waals surface area contributed by atoms with Gasteiger partial charge in [-0.3, -0.25) is 9.80 Å². The summed E-state index contributed by atoms with van der Waals surface area (Å²) in [6.07, 6.45) is 4.12. The highest BCUT2D eigenvalue weighted by atomic mass is 16.5. The van der Waals surface area contributed by atoms with Gasteiger partial charge in [0.15, 0.2) is 0 Å². The van der Waals surface area contributed by atoms with Crippen LogP contribution in [0.5, 0.6) is 0 Å². The molecule has 0 spiro atoms. The number of ether oxygens (including phenoxy) is 1. The number of hydrogen-bond acceptors (Lipinski definition) is 4. The number of nitrogens with two attached hydrogens (primary N) is 1. The van der Waals surface area contributed by atoms with Crippen molar-refractivity contribution < 1.29 is 4.74 Å². The van der Waals surface area contributed by atoms with E-state index in [1.54, 1.807) is 7.11 Å². The van der Waals surface area contributed by atoms with Crippen LogP contribution in [0.25, 0.3) is 0 Å². The molecule has 0 aromatic carbocycles. The van der Waals surface area contributed by atoms with Crippen LogP contribution in [0.1, 0.15) is 26.2 Å². The third-order valence-electron chi connectivity index (χ3n) is 4.50. The minimum absolute atomic E-state index is 0.0122. The molecule has 0 aliphatic carbocycles. The van der Waals surface area contributed by atoms with E-state index >= 15 is 0 Å². The molecule has 2 heterocycles. The topological polar surface area (TPSA) is 41.7 Å². The fraction of sp³-hybridized carbons (Fsp3) is 1.00. The predicted octanol–water partition coefficient (Wildman–Crippen LogP) is 0.520. The lowest BCUT2D eigenvalue weighted by atomic mass is 9.94. The van der Waals surface area contributed by atoms with Crippen molar-refractivity contribution in [2.75, 3.05) is 46.4 Å². The van der Waals surface area contributed by atoms with Crippen LogP contribution >= 0.6 is 0 Å². The lowest BCUT2D eigenvalue weighted by molar-refractivity contribution is -0.0340. The Morgan fingerprint density at radius 2 is 2.12 bits per heavy atom. The molecule has 2 rings (SSSR count). The van der Waals surface area contributed by atoms with Gasteiger partial charge in [0.1, 0.15) is 0 Å². The zero-order valence-electron chi connectivity index (χ0n) is 11.3. The van der Waals surface area contributed by atoms with Crippen LogP contribution in [-0.4, -0.2) is 67.8 Å². The molecule has 2 aliphatic heterocycles. The first-order valence-corrected chi connectivity index (χ1v) is 6.88. The molecule has 2 unspecified atom stereocenters. The molecular formula is C13H27N3O. The van der Waals surface area contributed by atoms with Gasteiger partial charge in [-0.25, -0.2) is 0 Å². The lowest BCUT2D eigenvalue weighted by Gasteiger charge is -2.50. The van der Waals surface area contributed by atoms with Gasteiger partial charge in [0, 0.05) is 39.3 Å². The van der Waals surface area contributed by atoms with Gasteiger partial charge in [0.25, 0.3) is 0 Å². The van der Waals surface area contributed by atoms with Gasteiger partial charge in [-0.2, -0.15) is 0 Å². The van der Waals surface area contributed by atoms with Gasteiger partial charge >= 0.3 is 0 Å². The summed E-state index contributed by atoms with van der Waals surface area (Å²) in [5, 5.41) is 0. The molecule has 2 N–H and O–H groups in total. The molecule has 0 saturated carbocycles. The summed E-state index contributed by atoms with van der Waals surface area (Å²) in [7, 11) is 1.77. The fourth-order valence-corrected chi connectivity index (χ4v) is 3.24. The van der Waals surface area contributed by atoms with Gasteiger partial charge in [-0.15, -0.1) is 0 Å². The molecule has 0 aromatic rings. The van der Waals surface area contributed by atoms with E-state index in [0.717, 1.165) is 25.7 Å². The van der Waals surface area contributed by atoms with Crippen molar-refractivity contribution in [3.63, 3.8) is 0 Å². The Morgan fingerprint density at radius 1 is 1.29 bits per heavy atom. The largest absolute Gasteiger partial charge is 0.383 e. The van der Waals surface area contributed by atoms with Crippen LogP contribution in [0, 0.1) is 0 Å². The summed E-state index contributed by atoms with van der Waals surface area (Å²) >= 11 is 0. The third kappa shape index (κ3) is 2.81. The summed E-state index contributed by atoms with van der Waals surface area (Å²) < 4.78 is 5.35. The normalized spacial score (nSPS) is 30.9. The highest BCUT2D eigenvalue weighted by Gasteiger charge is 2.37. The Bertz CT molecular complexity index is 249. The monoisotopic (exact) mass is 241 g/mol. The van der Waals surface area contributed by atoms with Crippen molar-refractivity contribution >= 4 is 0 Å². The molecule has 2 atom stereocenters. The zero-order chi connectivity index (χ0) is 12.3. The Labute approximate surface area is 105 Å². The van der Waals surface area contributed by atoms with Crippen LogP contribution in [0.3, 0.4) is 0 Å². The quantitative estimate of drug-likeness (QED) is 0.779. The molecule has 0 aromatic heterocycles. The molecule has 2 fully saturated rings. The maximum Gasteiger partial charge on any atom is 0.0656 e. The summed E-state index contributed by atoms with van der Waals surface area (Å²) in [6, 6.07) is 0.750. The molecular weight excluding hydrogens is 214 g/mol. The standard InChI is InChI=1S/C13H27N3O/c1-13(10-14,11-17-2)16-8-7-15-6-4-3-5-12(15)9-16/h12H,3-11,14H2,1-2H3. The van der Waals surface area contributed by atoms with Crippen LogP contribution < -0.4 is 5.73 Å². The summed E-state index contributed by atoms with van der Waals surface area (Å²) in [5.41, 5.74) is 5.97. The second kappa shape index (κ2) is 5.65. The second-order valence-corrected chi connectivity index (χ2v) is 5.77. The SMILES string of the molecule is COCC(C)(CN)N1CCN2CCCCC2C1. The first-order valence-electron chi connectivity index (χ1n) is 6.88. The smallest absolute Gasteiger partial charge is 0.0656 e. The molecule has 100 valence electrons. The van der Waals surface area contributed by atoms with E-state index in [1.807, 2.05) is 0 Å². The maximum absolute atomic E-state index is 5.96. The number of hydrogen-bond donors (Lipinski definition) is 1. The summed E-state index contributed by atoms with van der Waals surface area (Å²) in [5.74, 6) is 0. The van der Waals surface area contributed by atoms with Crippen molar-refractivity contribution in [1.29, 1.82) is 0 Å². The molecule has 4 heteroatoms. The van der Waals surface area contributed by atoms with E-state index in [1.165, 1.54) is 32.4 Å². The van der Waals surface area contributed by atoms with Crippen molar-refractivity contribution in [3.8, 4) is 0 Å². The van der Waals surface area contributed by atoms with Crippen LogP contribution in [0.15, 0.2) is 0 Å². The Hall–Kier alpha value is -0.160. The fourth-order valence-electron chi connectivity index (χ4n) is 3.24. The minimum atomic E-state index is 0.0122. The van der Waals surface area contributed by atoms with E-state index in [0.29, 0.717) is 6.54 Å². The van der Waals surface area contributed by atoms with E-state index in [4.69, 9.17) is 10.5 Å². The van der Waals surface area contributed by atoms with Gasteiger partial charge in [0.05, 0.1) is 12.1 Å². The number of methoxy groups -OCH3 is 1. The molecule has 0 bridgehead atoms. The zero-order valence-corrected chi connectivity index (χ0v) is 11.3. The number of fused-ring (bicyclic) bond motifs is 1. The Kier molecular flexibility index (Phi) is 4.42. The van der Waals surface area contributed by atoms with Gasteiger partial charge in [0.2, 0.25) is 0 Å². The van der Waals surface area contributed by atoms with Crippen molar-refractivity contribution in [3.05, 3.63) is 0 Å². The molecule has 0 radical (unpaired) electrons. The van der Waals surface area contributed by atoms with E-state index in [2.05, 4.69) is 16.7 Å². The Morgan fingerprint density at radius 3 is 2.82 bits per heavy atom. The maximum atomic E-state index is 5.96. The van der Waals surface area contributed by atoms with Crippen molar-refractivity contribution in [2.24, 2.45) is 5.73 Å². The van der Waals surface area contributed by atoms with E-state index < -0.39 is 0 Å². The minimum Gasteiger partial charge on any atom is -0.383 e.